The van der Waals surface area contributed by atoms with Gasteiger partial charge < -0.3 is 9.84 Å². The van der Waals surface area contributed by atoms with Crippen molar-refractivity contribution in [3.05, 3.63) is 0 Å². The minimum Gasteiger partial charge on any atom is -0.388 e. The highest BCUT2D eigenvalue weighted by Gasteiger charge is 2.44. The van der Waals surface area contributed by atoms with E-state index in [1.165, 1.54) is 12.8 Å². The Bertz CT molecular complexity index is 218. The molecule has 15 heavy (non-hydrogen) atoms. The number of methoxy groups -OCH3 is 1. The minimum absolute atomic E-state index is 0.348. The normalized spacial score (nSPS) is 34.6. The van der Waals surface area contributed by atoms with E-state index in [1.807, 2.05) is 0 Å². The number of ether oxygens (including phenoxy) is 1. The highest BCUT2D eigenvalue weighted by Crippen LogP contribution is 2.37. The van der Waals surface area contributed by atoms with Crippen LogP contribution in [0, 0.1) is 5.92 Å². The SMILES string of the molecule is COCCC(C)C1(O)CCN(C2CC2)C1. The van der Waals surface area contributed by atoms with E-state index in [0.717, 1.165) is 38.6 Å². The zero-order valence-electron chi connectivity index (χ0n) is 9.91. The standard InChI is InChI=1S/C12H23NO2/c1-10(5-8-15-2)12(14)6-7-13(9-12)11-3-4-11/h10-11,14H,3-9H2,1-2H3. The Balaban J connectivity index is 1.84. The molecule has 1 saturated carbocycles. The van der Waals surface area contributed by atoms with E-state index < -0.39 is 5.60 Å². The van der Waals surface area contributed by atoms with Gasteiger partial charge in [0, 0.05) is 32.8 Å². The summed E-state index contributed by atoms with van der Waals surface area (Å²) < 4.78 is 5.08. The van der Waals surface area contributed by atoms with E-state index >= 15 is 0 Å². The quantitative estimate of drug-likeness (QED) is 0.746. The molecule has 2 atom stereocenters. The smallest absolute Gasteiger partial charge is 0.0812 e. The fourth-order valence-corrected chi connectivity index (χ4v) is 2.56. The maximum absolute atomic E-state index is 10.5. The predicted molar refractivity (Wildman–Crippen MR) is 59.8 cm³/mol. The Kier molecular flexibility index (Phi) is 3.33. The van der Waals surface area contributed by atoms with Crippen LogP contribution in [0.2, 0.25) is 0 Å². The van der Waals surface area contributed by atoms with Crippen molar-refractivity contribution < 1.29 is 9.84 Å². The molecule has 1 N–H and O–H groups in total. The van der Waals surface area contributed by atoms with Gasteiger partial charge in [0.05, 0.1) is 5.60 Å². The number of β-amino-alcohol motifs (C(OH)–C–C–N with tert-alkyl or cyclic N) is 1. The second-order valence-corrected chi connectivity index (χ2v) is 5.24. The lowest BCUT2D eigenvalue weighted by molar-refractivity contribution is -0.0138. The van der Waals surface area contributed by atoms with Crippen LogP contribution in [-0.4, -0.2) is 48.5 Å². The average Bonchev–Trinajstić information content (AvgIpc) is 2.99. The molecule has 0 aromatic rings. The maximum Gasteiger partial charge on any atom is 0.0812 e. The van der Waals surface area contributed by atoms with Gasteiger partial charge in [-0.15, -0.1) is 0 Å². The molecule has 3 nitrogen and oxygen atoms in total. The van der Waals surface area contributed by atoms with Gasteiger partial charge in [0.15, 0.2) is 0 Å². The lowest BCUT2D eigenvalue weighted by Gasteiger charge is -2.30. The third-order valence-corrected chi connectivity index (χ3v) is 4.04. The first-order valence-corrected chi connectivity index (χ1v) is 6.11. The molecule has 0 radical (unpaired) electrons. The van der Waals surface area contributed by atoms with Crippen LogP contribution in [0.4, 0.5) is 0 Å². The second kappa shape index (κ2) is 4.40. The van der Waals surface area contributed by atoms with Crippen molar-refractivity contribution in [3.8, 4) is 0 Å². The number of hydrogen-bond acceptors (Lipinski definition) is 3. The molecule has 1 aliphatic carbocycles. The van der Waals surface area contributed by atoms with Crippen molar-refractivity contribution in [3.63, 3.8) is 0 Å². The molecule has 1 heterocycles. The van der Waals surface area contributed by atoms with E-state index in [-0.39, 0.29) is 0 Å². The summed E-state index contributed by atoms with van der Waals surface area (Å²) in [4.78, 5) is 2.46. The van der Waals surface area contributed by atoms with Crippen molar-refractivity contribution in [2.24, 2.45) is 5.92 Å². The van der Waals surface area contributed by atoms with Gasteiger partial charge >= 0.3 is 0 Å². The Morgan fingerprint density at radius 1 is 1.53 bits per heavy atom. The fraction of sp³-hybridized carbons (Fsp3) is 1.00. The van der Waals surface area contributed by atoms with Gasteiger partial charge in [0.25, 0.3) is 0 Å². The van der Waals surface area contributed by atoms with Crippen LogP contribution >= 0.6 is 0 Å². The summed E-state index contributed by atoms with van der Waals surface area (Å²) in [7, 11) is 1.72. The van der Waals surface area contributed by atoms with Crippen LogP contribution in [-0.2, 0) is 4.74 Å². The molecule has 0 aromatic heterocycles. The topological polar surface area (TPSA) is 32.7 Å². The lowest BCUT2D eigenvalue weighted by Crippen LogP contribution is -2.40. The summed E-state index contributed by atoms with van der Waals surface area (Å²) >= 11 is 0. The summed E-state index contributed by atoms with van der Waals surface area (Å²) in [5.41, 5.74) is -0.457. The Labute approximate surface area is 92.4 Å². The first-order valence-electron chi connectivity index (χ1n) is 6.11. The molecule has 2 rings (SSSR count). The van der Waals surface area contributed by atoms with Crippen LogP contribution in [0.5, 0.6) is 0 Å². The van der Waals surface area contributed by atoms with Gasteiger partial charge in [0.2, 0.25) is 0 Å². The van der Waals surface area contributed by atoms with E-state index in [9.17, 15) is 5.11 Å². The monoisotopic (exact) mass is 213 g/mol. The number of rotatable bonds is 5. The molecule has 0 bridgehead atoms. The van der Waals surface area contributed by atoms with Crippen LogP contribution < -0.4 is 0 Å². The first kappa shape index (κ1) is 11.4. The molecule has 0 spiro atoms. The van der Waals surface area contributed by atoms with Gasteiger partial charge in [-0.05, 0) is 31.6 Å². The fourth-order valence-electron chi connectivity index (χ4n) is 2.56. The Morgan fingerprint density at radius 3 is 2.87 bits per heavy atom. The van der Waals surface area contributed by atoms with Gasteiger partial charge in [-0.25, -0.2) is 0 Å². The van der Waals surface area contributed by atoms with E-state index in [0.29, 0.717) is 5.92 Å². The van der Waals surface area contributed by atoms with Crippen LogP contribution in [0.25, 0.3) is 0 Å². The summed E-state index contributed by atoms with van der Waals surface area (Å²) in [6, 6.07) is 0.786. The zero-order valence-corrected chi connectivity index (χ0v) is 9.91. The average molecular weight is 213 g/mol. The van der Waals surface area contributed by atoms with E-state index in [4.69, 9.17) is 4.74 Å². The van der Waals surface area contributed by atoms with Gasteiger partial charge in [-0.1, -0.05) is 6.92 Å². The number of hydrogen-bond donors (Lipinski definition) is 1. The molecule has 2 unspecified atom stereocenters. The first-order chi connectivity index (χ1) is 7.15. The predicted octanol–water partition coefficient (Wildman–Crippen LogP) is 1.26. The molecule has 2 aliphatic rings. The van der Waals surface area contributed by atoms with Crippen molar-refractivity contribution in [2.75, 3.05) is 26.8 Å². The van der Waals surface area contributed by atoms with Crippen LogP contribution in [0.15, 0.2) is 0 Å². The third kappa shape index (κ3) is 2.52. The summed E-state index contributed by atoms with van der Waals surface area (Å²) in [6.45, 7) is 4.86. The number of aliphatic hydroxyl groups is 1. The highest BCUT2D eigenvalue weighted by atomic mass is 16.5. The van der Waals surface area contributed by atoms with Crippen molar-refractivity contribution in [1.29, 1.82) is 0 Å². The number of nitrogens with zero attached hydrogens (tertiary/aromatic N) is 1. The van der Waals surface area contributed by atoms with Crippen molar-refractivity contribution in [1.82, 2.24) is 4.90 Å². The number of likely N-dealkylation sites (tertiary alicyclic amines) is 1. The molecule has 1 saturated heterocycles. The van der Waals surface area contributed by atoms with Crippen LogP contribution in [0.1, 0.15) is 32.6 Å². The second-order valence-electron chi connectivity index (χ2n) is 5.24. The lowest BCUT2D eigenvalue weighted by atomic mass is 9.86. The Morgan fingerprint density at radius 2 is 2.27 bits per heavy atom. The molecular formula is C12H23NO2. The highest BCUT2D eigenvalue weighted by molar-refractivity contribution is 4.98. The molecule has 0 aromatic carbocycles. The van der Waals surface area contributed by atoms with Crippen molar-refractivity contribution in [2.45, 2.75) is 44.2 Å². The molecular weight excluding hydrogens is 190 g/mol. The van der Waals surface area contributed by atoms with Gasteiger partial charge in [-0.2, -0.15) is 0 Å². The van der Waals surface area contributed by atoms with E-state index in [1.54, 1.807) is 7.11 Å². The van der Waals surface area contributed by atoms with Gasteiger partial charge in [-0.3, -0.25) is 4.90 Å². The molecule has 2 fully saturated rings. The third-order valence-electron chi connectivity index (χ3n) is 4.04. The molecule has 3 heteroatoms. The molecule has 88 valence electrons. The van der Waals surface area contributed by atoms with Gasteiger partial charge in [0.1, 0.15) is 0 Å². The Hall–Kier alpha value is -0.120. The van der Waals surface area contributed by atoms with Crippen molar-refractivity contribution >= 4 is 0 Å². The molecule has 1 aliphatic heterocycles. The summed E-state index contributed by atoms with van der Waals surface area (Å²) in [5.74, 6) is 0.348. The van der Waals surface area contributed by atoms with Crippen LogP contribution in [0.3, 0.4) is 0 Å². The maximum atomic E-state index is 10.5. The minimum atomic E-state index is -0.457. The zero-order chi connectivity index (χ0) is 10.9. The molecule has 0 amide bonds. The summed E-state index contributed by atoms with van der Waals surface area (Å²) in [5, 5.41) is 10.5. The largest absolute Gasteiger partial charge is 0.388 e. The summed E-state index contributed by atoms with van der Waals surface area (Å²) in [6.07, 6.45) is 4.57. The van der Waals surface area contributed by atoms with E-state index in [2.05, 4.69) is 11.8 Å².